The van der Waals surface area contributed by atoms with Crippen LogP contribution in [0, 0.1) is 5.41 Å². The van der Waals surface area contributed by atoms with E-state index in [0.29, 0.717) is 30.6 Å². The van der Waals surface area contributed by atoms with Gasteiger partial charge in [-0.2, -0.15) is 0 Å². The van der Waals surface area contributed by atoms with Crippen molar-refractivity contribution in [3.63, 3.8) is 0 Å². The minimum atomic E-state index is -0.582. The highest BCUT2D eigenvalue weighted by molar-refractivity contribution is 6.06. The van der Waals surface area contributed by atoms with Crippen molar-refractivity contribution >= 4 is 23.2 Å². The fourth-order valence-electron chi connectivity index (χ4n) is 2.91. The van der Waals surface area contributed by atoms with Gasteiger partial charge in [0.25, 0.3) is 5.91 Å². The molecule has 0 spiro atoms. The Morgan fingerprint density at radius 2 is 1.69 bits per heavy atom. The van der Waals surface area contributed by atoms with Crippen LogP contribution in [0.1, 0.15) is 37.0 Å². The van der Waals surface area contributed by atoms with Gasteiger partial charge in [-0.15, -0.1) is 0 Å². The van der Waals surface area contributed by atoms with Gasteiger partial charge in [0.05, 0.1) is 5.41 Å². The van der Waals surface area contributed by atoms with Gasteiger partial charge in [-0.05, 0) is 43.2 Å². The first-order chi connectivity index (χ1) is 12.5. The molecule has 0 atom stereocenters. The predicted molar refractivity (Wildman–Crippen MR) is 106 cm³/mol. The number of nitrogens with two attached hydrogens (primary N) is 1. The summed E-state index contributed by atoms with van der Waals surface area (Å²) in [6.07, 6.45) is 1.34. The fraction of sp³-hybridized carbons (Fsp3) is 0.333. The second-order valence-electron chi connectivity index (χ2n) is 6.43. The van der Waals surface area contributed by atoms with Crippen LogP contribution in [0.4, 0.5) is 11.4 Å². The van der Waals surface area contributed by atoms with Crippen molar-refractivity contribution in [3.8, 4) is 0 Å². The van der Waals surface area contributed by atoms with E-state index in [1.807, 2.05) is 44.2 Å². The second-order valence-corrected chi connectivity index (χ2v) is 6.43. The third-order valence-corrected chi connectivity index (χ3v) is 5.04. The first-order valence-corrected chi connectivity index (χ1v) is 8.92. The summed E-state index contributed by atoms with van der Waals surface area (Å²) in [4.78, 5) is 27.0. The summed E-state index contributed by atoms with van der Waals surface area (Å²) in [7, 11) is 1.73. The first-order valence-electron chi connectivity index (χ1n) is 8.92. The molecule has 0 aliphatic carbocycles. The average molecular weight is 353 g/mol. The number of carbonyl (C=O) groups excluding carboxylic acids is 2. The van der Waals surface area contributed by atoms with Crippen LogP contribution in [0.2, 0.25) is 0 Å². The van der Waals surface area contributed by atoms with Crippen LogP contribution < -0.4 is 16.0 Å². The molecule has 5 heteroatoms. The summed E-state index contributed by atoms with van der Waals surface area (Å²) in [5.74, 6) is -0.241. The molecule has 138 valence electrons. The highest BCUT2D eigenvalue weighted by atomic mass is 16.2. The molecule has 2 aromatic rings. The smallest absolute Gasteiger partial charge is 0.258 e. The molecule has 0 aliphatic rings. The zero-order chi connectivity index (χ0) is 19.2. The van der Waals surface area contributed by atoms with E-state index >= 15 is 0 Å². The zero-order valence-corrected chi connectivity index (χ0v) is 15.7. The Balaban J connectivity index is 2.20. The molecule has 0 radical (unpaired) electrons. The number of amides is 2. The maximum Gasteiger partial charge on any atom is 0.258 e. The highest BCUT2D eigenvalue weighted by Crippen LogP contribution is 2.27. The quantitative estimate of drug-likeness (QED) is 0.797. The van der Waals surface area contributed by atoms with Gasteiger partial charge in [0, 0.05) is 30.5 Å². The van der Waals surface area contributed by atoms with Crippen molar-refractivity contribution in [2.45, 2.75) is 26.7 Å². The van der Waals surface area contributed by atoms with Crippen LogP contribution in [0.15, 0.2) is 54.6 Å². The van der Waals surface area contributed by atoms with Gasteiger partial charge in [0.1, 0.15) is 0 Å². The summed E-state index contributed by atoms with van der Waals surface area (Å²) in [6, 6.07) is 16.4. The average Bonchev–Trinajstić information content (AvgIpc) is 2.69. The molecule has 0 saturated carbocycles. The van der Waals surface area contributed by atoms with E-state index in [1.165, 1.54) is 0 Å². The number of rotatable bonds is 7. The molecule has 5 nitrogen and oxygen atoms in total. The van der Waals surface area contributed by atoms with Gasteiger partial charge in [-0.1, -0.05) is 38.1 Å². The van der Waals surface area contributed by atoms with Gasteiger partial charge in [-0.25, -0.2) is 0 Å². The zero-order valence-electron chi connectivity index (χ0n) is 15.7. The lowest BCUT2D eigenvalue weighted by Crippen LogP contribution is -2.41. The standard InChI is InChI=1S/C21H27N3O2/c1-4-21(5-2,15-22)20(26)23-17-11-9-10-16(14-17)19(25)24(3)18-12-7-6-8-13-18/h6-14H,4-5,15,22H2,1-3H3,(H,23,26). The summed E-state index contributed by atoms with van der Waals surface area (Å²) in [5.41, 5.74) is 7.19. The normalized spacial score (nSPS) is 11.1. The van der Waals surface area contributed by atoms with E-state index in [1.54, 1.807) is 36.2 Å². The molecular formula is C21H27N3O2. The lowest BCUT2D eigenvalue weighted by molar-refractivity contribution is -0.125. The molecule has 3 N–H and O–H groups in total. The van der Waals surface area contributed by atoms with Gasteiger partial charge in [-0.3, -0.25) is 9.59 Å². The summed E-state index contributed by atoms with van der Waals surface area (Å²) in [5, 5.41) is 2.92. The number of hydrogen-bond donors (Lipinski definition) is 2. The van der Waals surface area contributed by atoms with Gasteiger partial charge in [0.2, 0.25) is 5.91 Å². The van der Waals surface area contributed by atoms with E-state index in [-0.39, 0.29) is 11.8 Å². The molecule has 2 aromatic carbocycles. The van der Waals surface area contributed by atoms with Crippen LogP contribution in [-0.2, 0) is 4.79 Å². The summed E-state index contributed by atoms with van der Waals surface area (Å²) in [6.45, 7) is 4.22. The topological polar surface area (TPSA) is 75.4 Å². The molecule has 0 heterocycles. The van der Waals surface area contributed by atoms with E-state index < -0.39 is 5.41 Å². The largest absolute Gasteiger partial charge is 0.329 e. The minimum Gasteiger partial charge on any atom is -0.329 e. The van der Waals surface area contributed by atoms with Crippen LogP contribution in [-0.4, -0.2) is 25.4 Å². The predicted octanol–water partition coefficient (Wildman–Crippen LogP) is 3.67. The summed E-state index contributed by atoms with van der Waals surface area (Å²) < 4.78 is 0. The van der Waals surface area contributed by atoms with E-state index in [2.05, 4.69) is 5.32 Å². The fourth-order valence-corrected chi connectivity index (χ4v) is 2.91. The maximum atomic E-state index is 12.7. The van der Waals surface area contributed by atoms with E-state index in [9.17, 15) is 9.59 Å². The van der Waals surface area contributed by atoms with Crippen LogP contribution >= 0.6 is 0 Å². The maximum absolute atomic E-state index is 12.7. The van der Waals surface area contributed by atoms with Crippen LogP contribution in [0.5, 0.6) is 0 Å². The van der Waals surface area contributed by atoms with Crippen molar-refractivity contribution in [1.29, 1.82) is 0 Å². The van der Waals surface area contributed by atoms with Crippen molar-refractivity contribution in [3.05, 3.63) is 60.2 Å². The molecule has 2 rings (SSSR count). The Labute approximate surface area is 155 Å². The van der Waals surface area contributed by atoms with E-state index in [0.717, 1.165) is 5.69 Å². The Morgan fingerprint density at radius 3 is 2.27 bits per heavy atom. The van der Waals surface area contributed by atoms with Crippen LogP contribution in [0.25, 0.3) is 0 Å². The Kier molecular flexibility index (Phi) is 6.52. The first kappa shape index (κ1) is 19.7. The number of nitrogens with one attached hydrogen (secondary N) is 1. The molecule has 0 unspecified atom stereocenters. The molecular weight excluding hydrogens is 326 g/mol. The molecule has 0 aromatic heterocycles. The number of nitrogens with zero attached hydrogens (tertiary/aromatic N) is 1. The number of anilines is 2. The Hall–Kier alpha value is -2.66. The molecule has 2 amide bonds. The molecule has 26 heavy (non-hydrogen) atoms. The lowest BCUT2D eigenvalue weighted by Gasteiger charge is -2.28. The lowest BCUT2D eigenvalue weighted by atomic mass is 9.81. The number of benzene rings is 2. The second kappa shape index (κ2) is 8.63. The van der Waals surface area contributed by atoms with Crippen molar-refractivity contribution < 1.29 is 9.59 Å². The monoisotopic (exact) mass is 353 g/mol. The van der Waals surface area contributed by atoms with Gasteiger partial charge in [0.15, 0.2) is 0 Å². The van der Waals surface area contributed by atoms with Crippen molar-refractivity contribution in [1.82, 2.24) is 0 Å². The Morgan fingerprint density at radius 1 is 1.04 bits per heavy atom. The number of carbonyl (C=O) groups is 2. The molecule has 0 fully saturated rings. The molecule has 0 saturated heterocycles. The minimum absolute atomic E-state index is 0.106. The Bertz CT molecular complexity index is 747. The molecule has 0 bridgehead atoms. The van der Waals surface area contributed by atoms with Crippen molar-refractivity contribution in [2.24, 2.45) is 11.1 Å². The summed E-state index contributed by atoms with van der Waals surface area (Å²) >= 11 is 0. The van der Waals surface area contributed by atoms with Gasteiger partial charge < -0.3 is 16.0 Å². The molecule has 0 aliphatic heterocycles. The van der Waals surface area contributed by atoms with Crippen molar-refractivity contribution in [2.75, 3.05) is 23.8 Å². The SMILES string of the molecule is CCC(CC)(CN)C(=O)Nc1cccc(C(=O)N(C)c2ccccc2)c1. The third-order valence-electron chi connectivity index (χ3n) is 5.04. The van der Waals surface area contributed by atoms with Gasteiger partial charge >= 0.3 is 0 Å². The third kappa shape index (κ3) is 4.11. The van der Waals surface area contributed by atoms with Crippen LogP contribution in [0.3, 0.4) is 0 Å². The number of hydrogen-bond acceptors (Lipinski definition) is 3. The van der Waals surface area contributed by atoms with E-state index in [4.69, 9.17) is 5.73 Å². The number of para-hydroxylation sites is 1. The highest BCUT2D eigenvalue weighted by Gasteiger charge is 2.33.